The number of carbonyl (C=O) groups is 1. The van der Waals surface area contributed by atoms with Crippen molar-refractivity contribution in [1.29, 1.82) is 0 Å². The standard InChI is InChI=1S/C10H9F5N2O2/c1-2-19-9(18)4-3-17-8(16)6(10(13,14)15)5(4)7(11)12/h3,7H,2H2,1H3,(H2,16,17). The molecule has 0 atom stereocenters. The van der Waals surface area contributed by atoms with Crippen LogP contribution in [0.4, 0.5) is 27.8 Å². The molecule has 1 rings (SSSR count). The molecule has 0 amide bonds. The Morgan fingerprint density at radius 3 is 2.47 bits per heavy atom. The van der Waals surface area contributed by atoms with Gasteiger partial charge in [0.25, 0.3) is 6.43 Å². The van der Waals surface area contributed by atoms with E-state index >= 15 is 0 Å². The number of nitrogens with zero attached hydrogens (tertiary/aromatic N) is 1. The second-order valence-corrected chi connectivity index (χ2v) is 3.36. The molecule has 1 heterocycles. The number of rotatable bonds is 3. The van der Waals surface area contributed by atoms with Gasteiger partial charge in [-0.1, -0.05) is 0 Å². The summed E-state index contributed by atoms with van der Waals surface area (Å²) in [5.41, 5.74) is 0.698. The number of esters is 1. The lowest BCUT2D eigenvalue weighted by Crippen LogP contribution is -2.19. The first-order valence-electron chi connectivity index (χ1n) is 5.01. The second-order valence-electron chi connectivity index (χ2n) is 3.36. The number of alkyl halides is 5. The number of anilines is 1. The highest BCUT2D eigenvalue weighted by molar-refractivity contribution is 5.91. The topological polar surface area (TPSA) is 65.2 Å². The van der Waals surface area contributed by atoms with Gasteiger partial charge in [0.15, 0.2) is 0 Å². The molecular weight excluding hydrogens is 275 g/mol. The number of pyridine rings is 1. The van der Waals surface area contributed by atoms with E-state index in [9.17, 15) is 26.7 Å². The van der Waals surface area contributed by atoms with E-state index in [0.29, 0.717) is 6.20 Å². The summed E-state index contributed by atoms with van der Waals surface area (Å²) < 4.78 is 68.1. The summed E-state index contributed by atoms with van der Waals surface area (Å²) in [5.74, 6) is -2.42. The van der Waals surface area contributed by atoms with E-state index in [0.717, 1.165) is 0 Å². The van der Waals surface area contributed by atoms with E-state index in [2.05, 4.69) is 9.72 Å². The molecule has 9 heteroatoms. The maximum Gasteiger partial charge on any atom is 0.420 e. The lowest BCUT2D eigenvalue weighted by molar-refractivity contribution is -0.139. The van der Waals surface area contributed by atoms with Crippen LogP contribution in [0.25, 0.3) is 0 Å². The van der Waals surface area contributed by atoms with Gasteiger partial charge in [-0.15, -0.1) is 0 Å². The van der Waals surface area contributed by atoms with Crippen LogP contribution in [0, 0.1) is 0 Å². The van der Waals surface area contributed by atoms with E-state index in [1.807, 2.05) is 0 Å². The van der Waals surface area contributed by atoms with E-state index in [1.165, 1.54) is 6.92 Å². The first-order valence-corrected chi connectivity index (χ1v) is 5.01. The number of halogens is 5. The number of aromatic nitrogens is 1. The molecule has 1 aromatic heterocycles. The lowest BCUT2D eigenvalue weighted by atomic mass is 10.0. The fourth-order valence-corrected chi connectivity index (χ4v) is 1.44. The van der Waals surface area contributed by atoms with E-state index in [-0.39, 0.29) is 6.61 Å². The minimum absolute atomic E-state index is 0.173. The highest BCUT2D eigenvalue weighted by Crippen LogP contribution is 2.40. The van der Waals surface area contributed by atoms with Gasteiger partial charge in [-0.25, -0.2) is 18.6 Å². The number of hydrogen-bond donors (Lipinski definition) is 1. The first-order chi connectivity index (χ1) is 8.70. The molecule has 0 radical (unpaired) electrons. The van der Waals surface area contributed by atoms with Crippen molar-refractivity contribution in [3.63, 3.8) is 0 Å². The molecular formula is C10H9F5N2O2. The number of carbonyl (C=O) groups excluding carboxylic acids is 1. The summed E-state index contributed by atoms with van der Waals surface area (Å²) >= 11 is 0. The lowest BCUT2D eigenvalue weighted by Gasteiger charge is -2.16. The van der Waals surface area contributed by atoms with Gasteiger partial charge in [-0.3, -0.25) is 0 Å². The number of ether oxygens (including phenoxy) is 1. The Hall–Kier alpha value is -1.93. The zero-order valence-corrected chi connectivity index (χ0v) is 9.59. The van der Waals surface area contributed by atoms with Crippen LogP contribution in [0.5, 0.6) is 0 Å². The molecule has 2 N–H and O–H groups in total. The molecule has 0 aromatic carbocycles. The molecule has 1 aromatic rings. The number of nitrogen functional groups attached to an aromatic ring is 1. The minimum atomic E-state index is -5.15. The SMILES string of the molecule is CCOC(=O)c1cnc(N)c(C(F)(F)F)c1C(F)F. The molecule has 0 bridgehead atoms. The van der Waals surface area contributed by atoms with Crippen molar-refractivity contribution in [3.05, 3.63) is 22.9 Å². The minimum Gasteiger partial charge on any atom is -0.462 e. The third kappa shape index (κ3) is 3.09. The third-order valence-corrected chi connectivity index (χ3v) is 2.15. The Balaban J connectivity index is 3.55. The van der Waals surface area contributed by atoms with Crippen LogP contribution in [-0.2, 0) is 10.9 Å². The quantitative estimate of drug-likeness (QED) is 0.684. The molecule has 0 saturated carbocycles. The highest BCUT2D eigenvalue weighted by atomic mass is 19.4. The molecule has 0 fully saturated rings. The zero-order chi connectivity index (χ0) is 14.8. The van der Waals surface area contributed by atoms with Crippen molar-refractivity contribution < 1.29 is 31.5 Å². The van der Waals surface area contributed by atoms with E-state index < -0.39 is 41.1 Å². The smallest absolute Gasteiger partial charge is 0.420 e. The van der Waals surface area contributed by atoms with Crippen molar-refractivity contribution in [2.45, 2.75) is 19.5 Å². The largest absolute Gasteiger partial charge is 0.462 e. The maximum absolute atomic E-state index is 12.8. The Morgan fingerprint density at radius 2 is 2.05 bits per heavy atom. The molecule has 0 spiro atoms. The van der Waals surface area contributed by atoms with E-state index in [4.69, 9.17) is 5.73 Å². The molecule has 4 nitrogen and oxygen atoms in total. The van der Waals surface area contributed by atoms with Crippen LogP contribution in [0.3, 0.4) is 0 Å². The molecule has 0 saturated heterocycles. The van der Waals surface area contributed by atoms with Crippen molar-refractivity contribution in [2.24, 2.45) is 0 Å². The maximum atomic E-state index is 12.8. The van der Waals surface area contributed by atoms with Gasteiger partial charge in [0, 0.05) is 11.8 Å². The van der Waals surface area contributed by atoms with Crippen LogP contribution in [0.15, 0.2) is 6.20 Å². The average molecular weight is 284 g/mol. The van der Waals surface area contributed by atoms with Crippen molar-refractivity contribution in [1.82, 2.24) is 4.98 Å². The Bertz CT molecular complexity index is 488. The average Bonchev–Trinajstić information content (AvgIpc) is 2.26. The predicted octanol–water partition coefficient (Wildman–Crippen LogP) is 2.80. The van der Waals surface area contributed by atoms with Gasteiger partial charge in [0.05, 0.1) is 12.2 Å². The highest BCUT2D eigenvalue weighted by Gasteiger charge is 2.41. The van der Waals surface area contributed by atoms with Gasteiger partial charge in [-0.2, -0.15) is 13.2 Å². The van der Waals surface area contributed by atoms with Crippen LogP contribution in [0.1, 0.15) is 34.8 Å². The fraction of sp³-hybridized carbons (Fsp3) is 0.400. The predicted molar refractivity (Wildman–Crippen MR) is 54.6 cm³/mol. The summed E-state index contributed by atoms with van der Waals surface area (Å²) in [7, 11) is 0. The second kappa shape index (κ2) is 5.37. The molecule has 19 heavy (non-hydrogen) atoms. The molecule has 106 valence electrons. The third-order valence-electron chi connectivity index (χ3n) is 2.15. The summed E-state index contributed by atoms with van der Waals surface area (Å²) in [6.45, 7) is 1.21. The van der Waals surface area contributed by atoms with Gasteiger partial charge in [-0.05, 0) is 6.92 Å². The summed E-state index contributed by atoms with van der Waals surface area (Å²) in [5, 5.41) is 0. The van der Waals surface area contributed by atoms with Crippen molar-refractivity contribution in [2.75, 3.05) is 12.3 Å². The Kier molecular flexibility index (Phi) is 4.28. The normalized spacial score (nSPS) is 11.7. The fourth-order valence-electron chi connectivity index (χ4n) is 1.44. The molecule has 0 aliphatic carbocycles. The molecule has 0 aliphatic rings. The molecule has 0 unspecified atom stereocenters. The van der Waals surface area contributed by atoms with Crippen molar-refractivity contribution >= 4 is 11.8 Å². The van der Waals surface area contributed by atoms with Gasteiger partial charge in [0.1, 0.15) is 11.4 Å². The van der Waals surface area contributed by atoms with Crippen molar-refractivity contribution in [3.8, 4) is 0 Å². The Morgan fingerprint density at radius 1 is 1.47 bits per heavy atom. The van der Waals surface area contributed by atoms with E-state index in [1.54, 1.807) is 0 Å². The summed E-state index contributed by atoms with van der Waals surface area (Å²) in [6, 6.07) is 0. The summed E-state index contributed by atoms with van der Waals surface area (Å²) in [4.78, 5) is 14.5. The zero-order valence-electron chi connectivity index (χ0n) is 9.59. The van der Waals surface area contributed by atoms with Crippen LogP contribution < -0.4 is 5.73 Å². The van der Waals surface area contributed by atoms with Crippen LogP contribution in [-0.4, -0.2) is 17.6 Å². The Labute approximate surface area is 104 Å². The van der Waals surface area contributed by atoms with Crippen LogP contribution >= 0.6 is 0 Å². The molecule has 0 aliphatic heterocycles. The van der Waals surface area contributed by atoms with Crippen LogP contribution in [0.2, 0.25) is 0 Å². The summed E-state index contributed by atoms with van der Waals surface area (Å²) in [6.07, 6.45) is -8.14. The number of hydrogen-bond acceptors (Lipinski definition) is 4. The van der Waals surface area contributed by atoms with Gasteiger partial charge >= 0.3 is 12.1 Å². The van der Waals surface area contributed by atoms with Gasteiger partial charge < -0.3 is 10.5 Å². The monoisotopic (exact) mass is 284 g/mol. The first kappa shape index (κ1) is 15.1. The number of nitrogens with two attached hydrogens (primary N) is 1. The van der Waals surface area contributed by atoms with Gasteiger partial charge in [0.2, 0.25) is 0 Å².